The number of hydrogen-bond acceptors (Lipinski definition) is 5. The average molecular weight is 425 g/mol. The lowest BCUT2D eigenvalue weighted by Crippen LogP contribution is -2.14. The predicted molar refractivity (Wildman–Crippen MR) is 126 cm³/mol. The molecule has 0 radical (unpaired) electrons. The smallest absolute Gasteiger partial charge is 0.257 e. The second kappa shape index (κ2) is 10.1. The summed E-state index contributed by atoms with van der Waals surface area (Å²) in [7, 11) is 1.58. The summed E-state index contributed by atoms with van der Waals surface area (Å²) in [5.41, 5.74) is 3.75. The number of anilines is 3. The minimum atomic E-state index is -0.228. The number of hydrogen-bond donors (Lipinski definition) is 2. The molecule has 0 bridgehead atoms. The van der Waals surface area contributed by atoms with Gasteiger partial charge in [-0.1, -0.05) is 30.3 Å². The van der Waals surface area contributed by atoms with Crippen LogP contribution in [-0.4, -0.2) is 18.0 Å². The lowest BCUT2D eigenvalue weighted by molar-refractivity contribution is 0.102. The summed E-state index contributed by atoms with van der Waals surface area (Å²) in [5.74, 6) is 0.898. The van der Waals surface area contributed by atoms with Gasteiger partial charge in [0.25, 0.3) is 5.91 Å². The van der Waals surface area contributed by atoms with E-state index in [1.807, 2.05) is 60.7 Å². The third kappa shape index (κ3) is 5.23. The van der Waals surface area contributed by atoms with E-state index in [0.29, 0.717) is 29.4 Å². The number of nitrogens with zero attached hydrogens (tertiary/aromatic N) is 1. The number of para-hydroxylation sites is 2. The van der Waals surface area contributed by atoms with Gasteiger partial charge in [-0.15, -0.1) is 0 Å². The maximum Gasteiger partial charge on any atom is 0.257 e. The van der Waals surface area contributed by atoms with Crippen molar-refractivity contribution < 1.29 is 14.3 Å². The molecule has 1 heterocycles. The summed E-state index contributed by atoms with van der Waals surface area (Å²) >= 11 is 0. The standard InChI is InChI=1S/C26H23N3O3/c1-31-24-12-11-21(17-25(24)32-18-19-13-15-27-16-14-19)29-26(30)22-9-5-6-10-23(22)28-20-7-3-2-4-8-20/h2-17,28H,18H2,1H3,(H,29,30). The van der Waals surface area contributed by atoms with Gasteiger partial charge in [-0.25, -0.2) is 0 Å². The maximum absolute atomic E-state index is 13.0. The van der Waals surface area contributed by atoms with E-state index in [4.69, 9.17) is 9.47 Å². The molecule has 0 aliphatic rings. The molecule has 4 rings (SSSR count). The highest BCUT2D eigenvalue weighted by Gasteiger charge is 2.13. The first-order chi connectivity index (χ1) is 15.7. The van der Waals surface area contributed by atoms with Crippen molar-refractivity contribution in [1.82, 2.24) is 4.98 Å². The minimum absolute atomic E-state index is 0.228. The van der Waals surface area contributed by atoms with Crippen LogP contribution in [0.3, 0.4) is 0 Å². The summed E-state index contributed by atoms with van der Waals surface area (Å²) in [6, 6.07) is 26.2. The molecule has 0 saturated heterocycles. The van der Waals surface area contributed by atoms with Crippen molar-refractivity contribution in [3.05, 3.63) is 108 Å². The van der Waals surface area contributed by atoms with Crippen LogP contribution in [0.4, 0.5) is 17.1 Å². The van der Waals surface area contributed by atoms with Gasteiger partial charge in [-0.3, -0.25) is 9.78 Å². The molecule has 3 aromatic carbocycles. The van der Waals surface area contributed by atoms with Gasteiger partial charge in [0.05, 0.1) is 18.4 Å². The molecule has 2 N–H and O–H groups in total. The van der Waals surface area contributed by atoms with Crippen LogP contribution in [0.2, 0.25) is 0 Å². The molecule has 0 saturated carbocycles. The van der Waals surface area contributed by atoms with Crippen molar-refractivity contribution in [3.8, 4) is 11.5 Å². The molecule has 1 amide bonds. The quantitative estimate of drug-likeness (QED) is 0.381. The zero-order valence-corrected chi connectivity index (χ0v) is 17.6. The van der Waals surface area contributed by atoms with Crippen LogP contribution >= 0.6 is 0 Å². The fourth-order valence-corrected chi connectivity index (χ4v) is 3.17. The van der Waals surface area contributed by atoms with Gasteiger partial charge in [0.2, 0.25) is 0 Å². The van der Waals surface area contributed by atoms with Crippen molar-refractivity contribution >= 4 is 23.0 Å². The third-order valence-electron chi connectivity index (χ3n) is 4.79. The van der Waals surface area contributed by atoms with Crippen molar-refractivity contribution in [2.45, 2.75) is 6.61 Å². The van der Waals surface area contributed by atoms with Gasteiger partial charge in [0, 0.05) is 29.8 Å². The van der Waals surface area contributed by atoms with E-state index in [-0.39, 0.29) is 5.91 Å². The highest BCUT2D eigenvalue weighted by atomic mass is 16.5. The van der Waals surface area contributed by atoms with E-state index in [1.165, 1.54) is 0 Å². The first kappa shape index (κ1) is 20.9. The highest BCUT2D eigenvalue weighted by Crippen LogP contribution is 2.31. The van der Waals surface area contributed by atoms with Gasteiger partial charge >= 0.3 is 0 Å². The first-order valence-corrected chi connectivity index (χ1v) is 10.1. The van der Waals surface area contributed by atoms with E-state index in [2.05, 4.69) is 15.6 Å². The van der Waals surface area contributed by atoms with Crippen LogP contribution in [0.15, 0.2) is 97.3 Å². The lowest BCUT2D eigenvalue weighted by Gasteiger charge is -2.15. The van der Waals surface area contributed by atoms with Crippen molar-refractivity contribution in [3.63, 3.8) is 0 Å². The van der Waals surface area contributed by atoms with Crippen LogP contribution < -0.4 is 20.1 Å². The van der Waals surface area contributed by atoms with Crippen molar-refractivity contribution in [2.24, 2.45) is 0 Å². The number of nitrogens with one attached hydrogen (secondary N) is 2. The number of rotatable bonds is 8. The van der Waals surface area contributed by atoms with E-state index < -0.39 is 0 Å². The highest BCUT2D eigenvalue weighted by molar-refractivity contribution is 6.08. The van der Waals surface area contributed by atoms with Crippen LogP contribution in [0.1, 0.15) is 15.9 Å². The minimum Gasteiger partial charge on any atom is -0.493 e. The normalized spacial score (nSPS) is 10.3. The van der Waals surface area contributed by atoms with Crippen LogP contribution in [0.5, 0.6) is 11.5 Å². The van der Waals surface area contributed by atoms with Crippen LogP contribution in [0.25, 0.3) is 0 Å². The van der Waals surface area contributed by atoms with Crippen LogP contribution in [-0.2, 0) is 6.61 Å². The van der Waals surface area contributed by atoms with Crippen LogP contribution in [0, 0.1) is 0 Å². The van der Waals surface area contributed by atoms with Gasteiger partial charge in [-0.2, -0.15) is 0 Å². The first-order valence-electron chi connectivity index (χ1n) is 10.1. The molecule has 160 valence electrons. The van der Waals surface area contributed by atoms with Gasteiger partial charge < -0.3 is 20.1 Å². The zero-order chi connectivity index (χ0) is 22.2. The molecular formula is C26H23N3O3. The maximum atomic E-state index is 13.0. The molecule has 1 aromatic heterocycles. The van der Waals surface area contributed by atoms with E-state index in [0.717, 1.165) is 16.9 Å². The number of carbonyl (C=O) groups excluding carboxylic acids is 1. The Bertz CT molecular complexity index is 1180. The van der Waals surface area contributed by atoms with Gasteiger partial charge in [-0.05, 0) is 54.1 Å². The number of ether oxygens (including phenoxy) is 2. The van der Waals surface area contributed by atoms with Crippen molar-refractivity contribution in [1.29, 1.82) is 0 Å². The Morgan fingerprint density at radius 2 is 1.59 bits per heavy atom. The molecule has 0 aliphatic heterocycles. The molecule has 0 atom stereocenters. The van der Waals surface area contributed by atoms with E-state index >= 15 is 0 Å². The molecule has 0 aliphatic carbocycles. The third-order valence-corrected chi connectivity index (χ3v) is 4.79. The lowest BCUT2D eigenvalue weighted by atomic mass is 10.1. The topological polar surface area (TPSA) is 72.5 Å². The molecule has 0 spiro atoms. The largest absolute Gasteiger partial charge is 0.493 e. The van der Waals surface area contributed by atoms with Gasteiger partial charge in [0.15, 0.2) is 11.5 Å². The Morgan fingerprint density at radius 1 is 0.844 bits per heavy atom. The van der Waals surface area contributed by atoms with Gasteiger partial charge in [0.1, 0.15) is 6.61 Å². The molecule has 0 unspecified atom stereocenters. The Labute approximate surface area is 186 Å². The molecule has 6 heteroatoms. The zero-order valence-electron chi connectivity index (χ0n) is 17.6. The number of amides is 1. The summed E-state index contributed by atoms with van der Waals surface area (Å²) in [4.78, 5) is 17.1. The predicted octanol–water partition coefficient (Wildman–Crippen LogP) is 5.67. The number of pyridine rings is 1. The average Bonchev–Trinajstić information content (AvgIpc) is 2.84. The summed E-state index contributed by atoms with van der Waals surface area (Å²) < 4.78 is 11.3. The number of carbonyl (C=O) groups is 1. The second-order valence-electron chi connectivity index (χ2n) is 7.00. The Morgan fingerprint density at radius 3 is 2.38 bits per heavy atom. The Kier molecular flexibility index (Phi) is 6.63. The fourth-order valence-electron chi connectivity index (χ4n) is 3.17. The summed E-state index contributed by atoms with van der Waals surface area (Å²) in [6.07, 6.45) is 3.43. The SMILES string of the molecule is COc1ccc(NC(=O)c2ccccc2Nc2ccccc2)cc1OCc1ccncc1. The Balaban J connectivity index is 1.51. The fraction of sp³-hybridized carbons (Fsp3) is 0.0769. The van der Waals surface area contributed by atoms with E-state index in [1.54, 1.807) is 43.8 Å². The number of aromatic nitrogens is 1. The molecule has 4 aromatic rings. The molecule has 6 nitrogen and oxygen atoms in total. The number of benzene rings is 3. The molecule has 32 heavy (non-hydrogen) atoms. The monoisotopic (exact) mass is 425 g/mol. The number of methoxy groups -OCH3 is 1. The van der Waals surface area contributed by atoms with Crippen molar-refractivity contribution in [2.75, 3.05) is 17.7 Å². The Hall–Kier alpha value is -4.32. The summed E-state index contributed by atoms with van der Waals surface area (Å²) in [5, 5.41) is 6.25. The molecule has 0 fully saturated rings. The van der Waals surface area contributed by atoms with E-state index in [9.17, 15) is 4.79 Å². The second-order valence-corrected chi connectivity index (χ2v) is 7.00. The molecular weight excluding hydrogens is 402 g/mol. The summed E-state index contributed by atoms with van der Waals surface area (Å²) in [6.45, 7) is 0.361.